The largest absolute Gasteiger partial charge is 0.444 e. The van der Waals surface area contributed by atoms with Crippen molar-refractivity contribution in [3.8, 4) is 11.1 Å². The minimum Gasteiger partial charge on any atom is -0.444 e. The number of nitrogens with one attached hydrogen (secondary N) is 1. The maximum absolute atomic E-state index is 13.4. The molecule has 0 radical (unpaired) electrons. The summed E-state index contributed by atoms with van der Waals surface area (Å²) in [4.78, 5) is 32.4. The van der Waals surface area contributed by atoms with Crippen molar-refractivity contribution in [2.45, 2.75) is 64.5 Å². The van der Waals surface area contributed by atoms with Gasteiger partial charge in [0.1, 0.15) is 11.2 Å². The zero-order valence-electron chi connectivity index (χ0n) is 20.8. The van der Waals surface area contributed by atoms with E-state index < -0.39 is 5.60 Å². The predicted octanol–water partition coefficient (Wildman–Crippen LogP) is 5.13. The first kappa shape index (κ1) is 23.4. The number of pyridine rings is 1. The number of aryl methyl sites for hydroxylation is 1. The van der Waals surface area contributed by atoms with Gasteiger partial charge in [0.15, 0.2) is 0 Å². The molecule has 5 rings (SSSR count). The minimum absolute atomic E-state index is 0.0223. The minimum atomic E-state index is -0.494. The number of ether oxygens (including phenoxy) is 1. The number of nitrogens with zero attached hydrogens (tertiary/aromatic N) is 3. The Hall–Kier alpha value is -3.35. The van der Waals surface area contributed by atoms with E-state index in [4.69, 9.17) is 9.72 Å². The van der Waals surface area contributed by atoms with Gasteiger partial charge in [-0.1, -0.05) is 31.0 Å². The van der Waals surface area contributed by atoms with Gasteiger partial charge in [-0.25, -0.2) is 9.78 Å². The van der Waals surface area contributed by atoms with E-state index in [1.807, 2.05) is 63.2 Å². The standard InChI is InChI=1S/C28H34N4O3/c1-28(2,3)35-27(34)31-17-15-22(18-31)29-21-12-10-20(11-13-21)25-23(14-9-19-7-8-19)30-24-6-4-5-16-32(24)26(25)33/h4-6,10-13,16,19,22,29H,7-9,14-15,17-18H2,1-3H3/t22-/m1/s1. The number of likely N-dealkylation sites (tertiary alicyclic amines) is 1. The summed E-state index contributed by atoms with van der Waals surface area (Å²) in [5.41, 5.74) is 3.62. The van der Waals surface area contributed by atoms with Gasteiger partial charge >= 0.3 is 6.09 Å². The van der Waals surface area contributed by atoms with Crippen molar-refractivity contribution >= 4 is 17.4 Å². The molecule has 184 valence electrons. The van der Waals surface area contributed by atoms with Gasteiger partial charge in [0, 0.05) is 31.0 Å². The van der Waals surface area contributed by atoms with Crippen LogP contribution in [-0.2, 0) is 11.2 Å². The van der Waals surface area contributed by atoms with Crippen LogP contribution in [0, 0.1) is 5.92 Å². The molecule has 3 aromatic rings. The number of carbonyl (C=O) groups excluding carboxylic acids is 1. The summed E-state index contributed by atoms with van der Waals surface area (Å²) in [5.74, 6) is 0.775. The molecule has 1 aliphatic heterocycles. The van der Waals surface area contributed by atoms with Gasteiger partial charge in [0.2, 0.25) is 0 Å². The van der Waals surface area contributed by atoms with Gasteiger partial charge in [-0.15, -0.1) is 0 Å². The van der Waals surface area contributed by atoms with E-state index in [0.29, 0.717) is 24.3 Å². The number of hydrogen-bond acceptors (Lipinski definition) is 5. The van der Waals surface area contributed by atoms with Crippen LogP contribution < -0.4 is 10.9 Å². The fourth-order valence-electron chi connectivity index (χ4n) is 4.69. The predicted molar refractivity (Wildman–Crippen MR) is 138 cm³/mol. The van der Waals surface area contributed by atoms with Crippen molar-refractivity contribution in [2.75, 3.05) is 18.4 Å². The van der Waals surface area contributed by atoms with E-state index in [2.05, 4.69) is 5.32 Å². The first-order chi connectivity index (χ1) is 16.8. The molecule has 0 unspecified atom stereocenters. The molecular weight excluding hydrogens is 440 g/mol. The molecule has 2 aromatic heterocycles. The monoisotopic (exact) mass is 474 g/mol. The molecule has 1 atom stereocenters. The molecule has 1 aromatic carbocycles. The van der Waals surface area contributed by atoms with Gasteiger partial charge in [-0.3, -0.25) is 9.20 Å². The highest BCUT2D eigenvalue weighted by Gasteiger charge is 2.30. The van der Waals surface area contributed by atoms with Crippen molar-refractivity contribution in [3.05, 3.63) is 64.7 Å². The van der Waals surface area contributed by atoms with Gasteiger partial charge in [0.05, 0.1) is 11.3 Å². The number of aromatic nitrogens is 2. The van der Waals surface area contributed by atoms with Crippen LogP contribution in [-0.4, -0.2) is 45.1 Å². The van der Waals surface area contributed by atoms with Crippen LogP contribution in [0.5, 0.6) is 0 Å². The fourth-order valence-corrected chi connectivity index (χ4v) is 4.69. The number of hydrogen-bond donors (Lipinski definition) is 1. The second-order valence-corrected chi connectivity index (χ2v) is 10.8. The summed E-state index contributed by atoms with van der Waals surface area (Å²) in [6.45, 7) is 6.93. The average Bonchev–Trinajstić information content (AvgIpc) is 3.53. The Kier molecular flexibility index (Phi) is 6.26. The van der Waals surface area contributed by atoms with Gasteiger partial charge in [0.25, 0.3) is 5.56 Å². The van der Waals surface area contributed by atoms with Crippen LogP contribution in [0.15, 0.2) is 53.5 Å². The van der Waals surface area contributed by atoms with Crippen LogP contribution in [0.1, 0.15) is 52.1 Å². The summed E-state index contributed by atoms with van der Waals surface area (Å²) in [6, 6.07) is 13.8. The van der Waals surface area contributed by atoms with Crippen molar-refractivity contribution in [2.24, 2.45) is 5.92 Å². The van der Waals surface area contributed by atoms with Crippen LogP contribution >= 0.6 is 0 Å². The summed E-state index contributed by atoms with van der Waals surface area (Å²) in [5, 5.41) is 3.53. The van der Waals surface area contributed by atoms with Gasteiger partial charge in [-0.2, -0.15) is 0 Å². The van der Waals surface area contributed by atoms with Crippen molar-refractivity contribution in [1.82, 2.24) is 14.3 Å². The zero-order chi connectivity index (χ0) is 24.6. The summed E-state index contributed by atoms with van der Waals surface area (Å²) >= 11 is 0. The molecule has 7 heteroatoms. The first-order valence-corrected chi connectivity index (χ1v) is 12.6. The Balaban J connectivity index is 1.33. The number of carbonyl (C=O) groups is 1. The normalized spacial score (nSPS) is 18.1. The lowest BCUT2D eigenvalue weighted by atomic mass is 10.0. The Morgan fingerprint density at radius 2 is 1.89 bits per heavy atom. The molecule has 3 heterocycles. The smallest absolute Gasteiger partial charge is 0.410 e. The molecule has 1 amide bonds. The third-order valence-electron chi connectivity index (χ3n) is 6.68. The second-order valence-electron chi connectivity index (χ2n) is 10.8. The summed E-state index contributed by atoms with van der Waals surface area (Å²) in [6.07, 6.45) is 6.86. The Morgan fingerprint density at radius 3 is 2.60 bits per heavy atom. The molecule has 0 spiro atoms. The molecule has 1 saturated carbocycles. The van der Waals surface area contributed by atoms with Gasteiger partial charge < -0.3 is 15.0 Å². The van der Waals surface area contributed by atoms with Crippen LogP contribution in [0.3, 0.4) is 0 Å². The van der Waals surface area contributed by atoms with E-state index in [1.165, 1.54) is 12.8 Å². The number of anilines is 1. The lowest BCUT2D eigenvalue weighted by Gasteiger charge is -2.24. The van der Waals surface area contributed by atoms with E-state index in [1.54, 1.807) is 15.5 Å². The molecule has 1 aliphatic carbocycles. The Bertz CT molecular complexity index is 1270. The van der Waals surface area contributed by atoms with Crippen LogP contribution in [0.2, 0.25) is 0 Å². The number of benzene rings is 1. The Morgan fingerprint density at radius 1 is 1.11 bits per heavy atom. The van der Waals surface area contributed by atoms with Gasteiger partial charge in [-0.05, 0) is 75.8 Å². The SMILES string of the molecule is CC(C)(C)OC(=O)N1CC[C@@H](Nc2ccc(-c3c(CCC4CC4)nc4ccccn4c3=O)cc2)C1. The van der Waals surface area contributed by atoms with Crippen LogP contribution in [0.25, 0.3) is 16.8 Å². The van der Waals surface area contributed by atoms with E-state index in [9.17, 15) is 9.59 Å². The highest BCUT2D eigenvalue weighted by Crippen LogP contribution is 2.34. The molecule has 1 N–H and O–H groups in total. The number of amides is 1. The Labute approximate surface area is 206 Å². The average molecular weight is 475 g/mol. The fraction of sp³-hybridized carbons (Fsp3) is 0.464. The van der Waals surface area contributed by atoms with E-state index in [0.717, 1.165) is 42.1 Å². The molecule has 7 nitrogen and oxygen atoms in total. The highest BCUT2D eigenvalue weighted by atomic mass is 16.6. The van der Waals surface area contributed by atoms with Crippen molar-refractivity contribution in [3.63, 3.8) is 0 Å². The highest BCUT2D eigenvalue weighted by molar-refractivity contribution is 5.70. The van der Waals surface area contributed by atoms with Crippen LogP contribution in [0.4, 0.5) is 10.5 Å². The third-order valence-corrected chi connectivity index (χ3v) is 6.68. The first-order valence-electron chi connectivity index (χ1n) is 12.6. The maximum Gasteiger partial charge on any atom is 0.410 e. The molecule has 2 fully saturated rings. The second kappa shape index (κ2) is 9.36. The summed E-state index contributed by atoms with van der Waals surface area (Å²) in [7, 11) is 0. The summed E-state index contributed by atoms with van der Waals surface area (Å²) < 4.78 is 7.13. The molecule has 0 bridgehead atoms. The topological polar surface area (TPSA) is 75.9 Å². The lowest BCUT2D eigenvalue weighted by molar-refractivity contribution is 0.0293. The molecular formula is C28H34N4O3. The number of rotatable bonds is 6. The third kappa shape index (κ3) is 5.50. The molecule has 35 heavy (non-hydrogen) atoms. The quantitative estimate of drug-likeness (QED) is 0.536. The molecule has 1 saturated heterocycles. The zero-order valence-corrected chi connectivity index (χ0v) is 20.8. The number of fused-ring (bicyclic) bond motifs is 1. The maximum atomic E-state index is 13.4. The lowest BCUT2D eigenvalue weighted by Crippen LogP contribution is -2.36. The van der Waals surface area contributed by atoms with E-state index in [-0.39, 0.29) is 17.7 Å². The molecule has 2 aliphatic rings. The van der Waals surface area contributed by atoms with E-state index >= 15 is 0 Å². The van der Waals surface area contributed by atoms with Crippen molar-refractivity contribution in [1.29, 1.82) is 0 Å². The van der Waals surface area contributed by atoms with Crippen molar-refractivity contribution < 1.29 is 9.53 Å².